The molecule has 0 aliphatic carbocycles. The Morgan fingerprint density at radius 1 is 1.54 bits per heavy atom. The standard InChI is InChI=1S/C11H18O2/c1-8-5-6-9-10(2,3)7-11(8,12-4)13-9/h5,9H,6-7H2,1-4H3. The summed E-state index contributed by atoms with van der Waals surface area (Å²) in [4.78, 5) is 0. The third-order valence-corrected chi connectivity index (χ3v) is 3.46. The van der Waals surface area contributed by atoms with E-state index in [4.69, 9.17) is 9.47 Å². The molecular formula is C11H18O2. The first-order valence-electron chi connectivity index (χ1n) is 4.90. The van der Waals surface area contributed by atoms with E-state index >= 15 is 0 Å². The van der Waals surface area contributed by atoms with Gasteiger partial charge >= 0.3 is 0 Å². The van der Waals surface area contributed by atoms with Gasteiger partial charge in [0.05, 0.1) is 6.10 Å². The lowest BCUT2D eigenvalue weighted by Crippen LogP contribution is -2.35. The first-order chi connectivity index (χ1) is 6.00. The fourth-order valence-electron chi connectivity index (χ4n) is 2.46. The van der Waals surface area contributed by atoms with Crippen LogP contribution in [0.2, 0.25) is 0 Å². The Labute approximate surface area is 79.9 Å². The summed E-state index contributed by atoms with van der Waals surface area (Å²) in [6.45, 7) is 6.61. The van der Waals surface area contributed by atoms with Gasteiger partial charge in [-0.2, -0.15) is 0 Å². The molecular weight excluding hydrogens is 164 g/mol. The van der Waals surface area contributed by atoms with Gasteiger partial charge in [-0.15, -0.1) is 0 Å². The zero-order valence-corrected chi connectivity index (χ0v) is 8.89. The topological polar surface area (TPSA) is 18.5 Å². The molecule has 0 radical (unpaired) electrons. The summed E-state index contributed by atoms with van der Waals surface area (Å²) in [6, 6.07) is 0. The summed E-state index contributed by atoms with van der Waals surface area (Å²) >= 11 is 0. The summed E-state index contributed by atoms with van der Waals surface area (Å²) in [5.74, 6) is -0.410. The second-order valence-corrected chi connectivity index (χ2v) is 4.85. The van der Waals surface area contributed by atoms with Crippen molar-refractivity contribution in [3.8, 4) is 0 Å². The highest BCUT2D eigenvalue weighted by Gasteiger charge is 2.54. The molecule has 2 rings (SSSR count). The van der Waals surface area contributed by atoms with Crippen LogP contribution in [0.15, 0.2) is 11.6 Å². The third kappa shape index (κ3) is 1.16. The van der Waals surface area contributed by atoms with Gasteiger partial charge in [-0.1, -0.05) is 19.9 Å². The lowest BCUT2D eigenvalue weighted by molar-refractivity contribution is -0.191. The van der Waals surface area contributed by atoms with Crippen molar-refractivity contribution in [3.63, 3.8) is 0 Å². The van der Waals surface area contributed by atoms with Gasteiger partial charge in [0.25, 0.3) is 0 Å². The average Bonchev–Trinajstić information content (AvgIpc) is 2.30. The molecule has 0 saturated carbocycles. The van der Waals surface area contributed by atoms with E-state index in [2.05, 4.69) is 26.8 Å². The van der Waals surface area contributed by atoms with Crippen molar-refractivity contribution in [2.45, 2.75) is 45.5 Å². The molecule has 74 valence electrons. The summed E-state index contributed by atoms with van der Waals surface area (Å²) in [7, 11) is 1.74. The molecule has 0 aromatic rings. The van der Waals surface area contributed by atoms with Crippen LogP contribution in [0.25, 0.3) is 0 Å². The number of fused-ring (bicyclic) bond motifs is 2. The lowest BCUT2D eigenvalue weighted by atomic mass is 9.83. The Kier molecular flexibility index (Phi) is 1.83. The second-order valence-electron chi connectivity index (χ2n) is 4.85. The normalized spacial score (nSPS) is 41.8. The number of rotatable bonds is 1. The van der Waals surface area contributed by atoms with Crippen LogP contribution in [-0.4, -0.2) is 19.0 Å². The predicted molar refractivity (Wildman–Crippen MR) is 51.4 cm³/mol. The molecule has 2 aliphatic heterocycles. The Hall–Kier alpha value is -0.340. The Bertz CT molecular complexity index is 255. The first kappa shape index (κ1) is 9.22. The van der Waals surface area contributed by atoms with E-state index in [1.54, 1.807) is 7.11 Å². The van der Waals surface area contributed by atoms with Crippen LogP contribution in [-0.2, 0) is 9.47 Å². The van der Waals surface area contributed by atoms with Crippen LogP contribution < -0.4 is 0 Å². The van der Waals surface area contributed by atoms with Crippen molar-refractivity contribution in [2.24, 2.45) is 5.41 Å². The summed E-state index contributed by atoms with van der Waals surface area (Å²) in [5.41, 5.74) is 1.47. The van der Waals surface area contributed by atoms with Crippen LogP contribution in [0.1, 0.15) is 33.6 Å². The maximum absolute atomic E-state index is 5.97. The maximum atomic E-state index is 5.97. The zero-order chi connectivity index (χ0) is 9.69. The van der Waals surface area contributed by atoms with E-state index < -0.39 is 5.79 Å². The number of hydrogen-bond donors (Lipinski definition) is 0. The Morgan fingerprint density at radius 2 is 2.23 bits per heavy atom. The van der Waals surface area contributed by atoms with Gasteiger partial charge in [-0.25, -0.2) is 0 Å². The van der Waals surface area contributed by atoms with Gasteiger partial charge in [-0.3, -0.25) is 0 Å². The quantitative estimate of drug-likeness (QED) is 0.580. The SMILES string of the molecule is COC12CC(C)(C)C(CC=C1C)O2. The summed E-state index contributed by atoms with van der Waals surface area (Å²) < 4.78 is 11.5. The molecule has 0 aromatic carbocycles. The molecule has 2 unspecified atom stereocenters. The van der Waals surface area contributed by atoms with Crippen LogP contribution in [0.4, 0.5) is 0 Å². The first-order valence-corrected chi connectivity index (χ1v) is 4.90. The van der Waals surface area contributed by atoms with E-state index in [0.717, 1.165) is 12.8 Å². The number of hydrogen-bond acceptors (Lipinski definition) is 2. The Balaban J connectivity index is 2.36. The molecule has 0 aromatic heterocycles. The van der Waals surface area contributed by atoms with E-state index in [-0.39, 0.29) is 5.41 Å². The fourth-order valence-corrected chi connectivity index (χ4v) is 2.46. The van der Waals surface area contributed by atoms with Crippen molar-refractivity contribution in [1.29, 1.82) is 0 Å². The molecule has 13 heavy (non-hydrogen) atoms. The van der Waals surface area contributed by atoms with Crippen LogP contribution in [0.3, 0.4) is 0 Å². The highest BCUT2D eigenvalue weighted by Crippen LogP contribution is 2.51. The van der Waals surface area contributed by atoms with Crippen molar-refractivity contribution in [2.75, 3.05) is 7.11 Å². The Morgan fingerprint density at radius 3 is 2.77 bits per heavy atom. The molecule has 2 heterocycles. The molecule has 0 N–H and O–H groups in total. The molecule has 1 fully saturated rings. The van der Waals surface area contributed by atoms with E-state index in [0.29, 0.717) is 6.10 Å². The number of ether oxygens (including phenoxy) is 2. The van der Waals surface area contributed by atoms with Gasteiger partial charge in [0.1, 0.15) is 0 Å². The summed E-state index contributed by atoms with van der Waals surface area (Å²) in [5, 5.41) is 0. The summed E-state index contributed by atoms with van der Waals surface area (Å²) in [6.07, 6.45) is 4.59. The molecule has 1 saturated heterocycles. The van der Waals surface area contributed by atoms with Gasteiger partial charge in [-0.05, 0) is 24.3 Å². The van der Waals surface area contributed by atoms with Crippen LogP contribution >= 0.6 is 0 Å². The van der Waals surface area contributed by atoms with Crippen molar-refractivity contribution >= 4 is 0 Å². The van der Waals surface area contributed by atoms with Crippen molar-refractivity contribution in [1.82, 2.24) is 0 Å². The predicted octanol–water partition coefficient (Wildman–Crippen LogP) is 2.49. The van der Waals surface area contributed by atoms with Crippen LogP contribution in [0.5, 0.6) is 0 Å². The van der Waals surface area contributed by atoms with Gasteiger partial charge in [0.2, 0.25) is 0 Å². The minimum atomic E-state index is -0.410. The minimum Gasteiger partial charge on any atom is -0.349 e. The second kappa shape index (κ2) is 2.58. The van der Waals surface area contributed by atoms with Crippen LogP contribution in [0, 0.1) is 5.41 Å². The molecule has 0 amide bonds. The van der Waals surface area contributed by atoms with Gasteiger partial charge < -0.3 is 9.47 Å². The molecule has 2 bridgehead atoms. The average molecular weight is 182 g/mol. The highest BCUT2D eigenvalue weighted by atomic mass is 16.7. The van der Waals surface area contributed by atoms with Gasteiger partial charge in [0, 0.05) is 13.5 Å². The minimum absolute atomic E-state index is 0.240. The van der Waals surface area contributed by atoms with Crippen molar-refractivity contribution < 1.29 is 9.47 Å². The zero-order valence-electron chi connectivity index (χ0n) is 8.89. The molecule has 2 nitrogen and oxygen atoms in total. The van der Waals surface area contributed by atoms with Gasteiger partial charge in [0.15, 0.2) is 5.79 Å². The maximum Gasteiger partial charge on any atom is 0.191 e. The monoisotopic (exact) mass is 182 g/mol. The largest absolute Gasteiger partial charge is 0.349 e. The van der Waals surface area contributed by atoms with E-state index in [1.807, 2.05) is 0 Å². The van der Waals surface area contributed by atoms with E-state index in [9.17, 15) is 0 Å². The van der Waals surface area contributed by atoms with Crippen molar-refractivity contribution in [3.05, 3.63) is 11.6 Å². The molecule has 2 heteroatoms. The molecule has 2 aliphatic rings. The molecule has 2 atom stereocenters. The molecule has 0 spiro atoms. The lowest BCUT2D eigenvalue weighted by Gasteiger charge is -2.31. The highest BCUT2D eigenvalue weighted by molar-refractivity contribution is 5.20. The number of methoxy groups -OCH3 is 1. The smallest absolute Gasteiger partial charge is 0.191 e. The third-order valence-electron chi connectivity index (χ3n) is 3.46. The van der Waals surface area contributed by atoms with E-state index in [1.165, 1.54) is 5.57 Å². The fraction of sp³-hybridized carbons (Fsp3) is 0.818.